The third-order valence-corrected chi connectivity index (χ3v) is 6.94. The highest BCUT2D eigenvalue weighted by Crippen LogP contribution is 2.50. The molecule has 2 aromatic carbocycles. The van der Waals surface area contributed by atoms with Gasteiger partial charge >= 0.3 is 0 Å². The summed E-state index contributed by atoms with van der Waals surface area (Å²) >= 11 is 0. The summed E-state index contributed by atoms with van der Waals surface area (Å²) in [6, 6.07) is 12.9. The van der Waals surface area contributed by atoms with Crippen LogP contribution in [0.25, 0.3) is 0 Å². The maximum absolute atomic E-state index is 13.1. The predicted molar refractivity (Wildman–Crippen MR) is 120 cm³/mol. The number of carbonyl (C=O) groups is 1. The monoisotopic (exact) mass is 417 g/mol. The van der Waals surface area contributed by atoms with Gasteiger partial charge in [-0.3, -0.25) is 14.9 Å². The Morgan fingerprint density at radius 1 is 1.06 bits per heavy atom. The summed E-state index contributed by atoms with van der Waals surface area (Å²) in [5, 5.41) is 14.9. The molecule has 1 amide bonds. The second-order valence-corrected chi connectivity index (χ2v) is 8.84. The molecule has 2 aromatic rings. The average molecular weight is 418 g/mol. The Hall–Kier alpha value is -3.15. The Bertz CT molecular complexity index is 1040. The molecule has 1 aliphatic carbocycles. The molecule has 0 unspecified atom stereocenters. The number of benzene rings is 2. The van der Waals surface area contributed by atoms with Crippen molar-refractivity contribution < 1.29 is 9.72 Å². The van der Waals surface area contributed by atoms with E-state index in [9.17, 15) is 14.9 Å². The molecule has 1 saturated heterocycles. The number of rotatable bonds is 3. The molecule has 2 heterocycles. The third kappa shape index (κ3) is 3.71. The van der Waals surface area contributed by atoms with Gasteiger partial charge in [0, 0.05) is 42.4 Å². The number of nitro benzene ring substituents is 1. The zero-order chi connectivity index (χ0) is 21.4. The van der Waals surface area contributed by atoms with Crippen LogP contribution in [0.4, 0.5) is 11.4 Å². The van der Waals surface area contributed by atoms with Gasteiger partial charge in [-0.2, -0.15) is 0 Å². The smallest absolute Gasteiger partial charge is 0.269 e. The average Bonchev–Trinajstić information content (AvgIpc) is 3.13. The van der Waals surface area contributed by atoms with Crippen molar-refractivity contribution in [1.82, 2.24) is 4.90 Å². The number of hydrogen-bond acceptors (Lipinski definition) is 4. The largest absolute Gasteiger partial charge is 0.378 e. The number of non-ortho nitro benzene ring substituents is 1. The second-order valence-electron chi connectivity index (χ2n) is 8.84. The van der Waals surface area contributed by atoms with E-state index in [4.69, 9.17) is 0 Å². The molecule has 3 atom stereocenters. The van der Waals surface area contributed by atoms with Crippen LogP contribution in [0.2, 0.25) is 0 Å². The van der Waals surface area contributed by atoms with Gasteiger partial charge in [0.1, 0.15) is 0 Å². The summed E-state index contributed by atoms with van der Waals surface area (Å²) in [5.41, 5.74) is 3.97. The first-order chi connectivity index (χ1) is 15.1. The highest BCUT2D eigenvalue weighted by Gasteiger charge is 2.38. The van der Waals surface area contributed by atoms with Crippen LogP contribution in [-0.2, 0) is 0 Å². The lowest BCUT2D eigenvalue weighted by molar-refractivity contribution is -0.384. The molecule has 1 N–H and O–H groups in total. The fourth-order valence-corrected chi connectivity index (χ4v) is 5.35. The molecule has 3 aliphatic rings. The molecule has 2 aliphatic heterocycles. The first-order valence-electron chi connectivity index (χ1n) is 11.2. The van der Waals surface area contributed by atoms with Crippen LogP contribution in [0.5, 0.6) is 0 Å². The molecule has 6 heteroatoms. The van der Waals surface area contributed by atoms with Gasteiger partial charge in [0.2, 0.25) is 0 Å². The van der Waals surface area contributed by atoms with E-state index in [-0.39, 0.29) is 34.4 Å². The minimum absolute atomic E-state index is 0.000409. The second kappa shape index (κ2) is 8.17. The van der Waals surface area contributed by atoms with Crippen LogP contribution in [-0.4, -0.2) is 28.8 Å². The van der Waals surface area contributed by atoms with Crippen molar-refractivity contribution >= 4 is 17.3 Å². The molecule has 31 heavy (non-hydrogen) atoms. The van der Waals surface area contributed by atoms with E-state index in [2.05, 4.69) is 23.5 Å². The lowest BCUT2D eigenvalue weighted by Gasteiger charge is -2.37. The lowest BCUT2D eigenvalue weighted by atomic mass is 9.76. The summed E-state index contributed by atoms with van der Waals surface area (Å²) in [7, 11) is 0. The van der Waals surface area contributed by atoms with Crippen molar-refractivity contribution in [3.05, 3.63) is 81.4 Å². The number of allylic oxidation sites excluding steroid dienone is 2. The van der Waals surface area contributed by atoms with Crippen LogP contribution >= 0.6 is 0 Å². The van der Waals surface area contributed by atoms with Crippen molar-refractivity contribution in [2.45, 2.75) is 44.1 Å². The van der Waals surface area contributed by atoms with Crippen molar-refractivity contribution in [2.24, 2.45) is 5.92 Å². The molecule has 160 valence electrons. The van der Waals surface area contributed by atoms with Gasteiger partial charge in [-0.05, 0) is 54.5 Å². The van der Waals surface area contributed by atoms with E-state index in [0.29, 0.717) is 0 Å². The molecule has 5 rings (SSSR count). The maximum Gasteiger partial charge on any atom is 0.269 e. The van der Waals surface area contributed by atoms with Crippen LogP contribution in [0.15, 0.2) is 54.6 Å². The summed E-state index contributed by atoms with van der Waals surface area (Å²) in [6.45, 7) is 1.68. The van der Waals surface area contributed by atoms with Crippen LogP contribution in [0, 0.1) is 16.0 Å². The minimum Gasteiger partial charge on any atom is -0.378 e. The number of nitrogens with one attached hydrogen (secondary N) is 1. The Labute approximate surface area is 182 Å². The molecule has 0 bridgehead atoms. The van der Waals surface area contributed by atoms with Gasteiger partial charge in [0.05, 0.1) is 11.0 Å². The molecule has 1 fully saturated rings. The Morgan fingerprint density at radius 3 is 2.65 bits per heavy atom. The first-order valence-corrected chi connectivity index (χ1v) is 11.2. The normalized spacial score (nSPS) is 24.6. The van der Waals surface area contributed by atoms with Crippen molar-refractivity contribution in [2.75, 3.05) is 18.4 Å². The predicted octanol–water partition coefficient (Wildman–Crippen LogP) is 5.44. The van der Waals surface area contributed by atoms with Crippen molar-refractivity contribution in [3.8, 4) is 0 Å². The molecule has 0 spiro atoms. The number of carbonyl (C=O) groups excluding carboxylic acids is 1. The van der Waals surface area contributed by atoms with Gasteiger partial charge in [-0.15, -0.1) is 0 Å². The van der Waals surface area contributed by atoms with Gasteiger partial charge in [-0.1, -0.05) is 37.1 Å². The Morgan fingerprint density at radius 2 is 1.87 bits per heavy atom. The number of nitrogens with zero attached hydrogens (tertiary/aromatic N) is 2. The summed E-state index contributed by atoms with van der Waals surface area (Å²) in [4.78, 5) is 26.1. The lowest BCUT2D eigenvalue weighted by Crippen LogP contribution is -2.33. The maximum atomic E-state index is 13.1. The molecule has 6 nitrogen and oxygen atoms in total. The van der Waals surface area contributed by atoms with Gasteiger partial charge in [0.15, 0.2) is 0 Å². The topological polar surface area (TPSA) is 75.5 Å². The van der Waals surface area contributed by atoms with Gasteiger partial charge in [-0.25, -0.2) is 0 Å². The number of hydrogen-bond donors (Lipinski definition) is 1. The molecular formula is C25H27N3O3. The SMILES string of the molecule is O=C(c1ccc2c(c1)[C@@H]1C=CC[C@H]1[C@@H](c1cccc([N+](=O)[O-])c1)N2)N1CCCCCC1. The van der Waals surface area contributed by atoms with Crippen LogP contribution < -0.4 is 5.32 Å². The molecular weight excluding hydrogens is 390 g/mol. The van der Waals surface area contributed by atoms with E-state index in [1.165, 1.54) is 18.9 Å². The first kappa shape index (κ1) is 19.8. The van der Waals surface area contributed by atoms with Crippen molar-refractivity contribution in [1.29, 1.82) is 0 Å². The summed E-state index contributed by atoms with van der Waals surface area (Å²) in [5.74, 6) is 0.611. The molecule has 0 saturated carbocycles. The zero-order valence-corrected chi connectivity index (χ0v) is 17.5. The standard InChI is InChI=1S/C25H27N3O3/c29-25(27-13-3-1-2-4-14-27)18-11-12-23-22(16-18)20-9-6-10-21(20)24(26-23)17-7-5-8-19(15-17)28(30)31/h5-9,11-12,15-16,20-21,24,26H,1-4,10,13-14H2/t20-,21-,24-/m1/s1. The van der Waals surface area contributed by atoms with E-state index in [1.54, 1.807) is 12.1 Å². The number of amides is 1. The van der Waals surface area contributed by atoms with Gasteiger partial charge < -0.3 is 10.2 Å². The molecule has 0 radical (unpaired) electrons. The van der Waals surface area contributed by atoms with Gasteiger partial charge in [0.25, 0.3) is 11.6 Å². The van der Waals surface area contributed by atoms with Crippen molar-refractivity contribution in [3.63, 3.8) is 0 Å². The highest BCUT2D eigenvalue weighted by atomic mass is 16.6. The van der Waals surface area contributed by atoms with E-state index in [0.717, 1.165) is 54.7 Å². The van der Waals surface area contributed by atoms with Crippen LogP contribution in [0.3, 0.4) is 0 Å². The van der Waals surface area contributed by atoms with E-state index < -0.39 is 0 Å². The minimum atomic E-state index is -0.342. The highest BCUT2D eigenvalue weighted by molar-refractivity contribution is 5.95. The summed E-state index contributed by atoms with van der Waals surface area (Å²) in [6.07, 6.45) is 9.90. The Balaban J connectivity index is 1.46. The van der Waals surface area contributed by atoms with E-state index in [1.807, 2.05) is 23.1 Å². The van der Waals surface area contributed by atoms with Crippen LogP contribution in [0.1, 0.15) is 65.5 Å². The Kier molecular flexibility index (Phi) is 5.22. The fourth-order valence-electron chi connectivity index (χ4n) is 5.35. The summed E-state index contributed by atoms with van der Waals surface area (Å²) < 4.78 is 0. The number of nitro groups is 1. The number of fused-ring (bicyclic) bond motifs is 3. The van der Waals surface area contributed by atoms with E-state index >= 15 is 0 Å². The quantitative estimate of drug-likeness (QED) is 0.410. The zero-order valence-electron chi connectivity index (χ0n) is 17.5. The third-order valence-electron chi connectivity index (χ3n) is 6.94. The fraction of sp³-hybridized carbons (Fsp3) is 0.400. The number of anilines is 1. The number of likely N-dealkylation sites (tertiary alicyclic amines) is 1. The molecule has 0 aromatic heterocycles.